The number of hydrogen-bond acceptors (Lipinski definition) is 6. The van der Waals surface area contributed by atoms with E-state index in [0.717, 1.165) is 25.9 Å². The van der Waals surface area contributed by atoms with Gasteiger partial charge in [0.2, 0.25) is 5.95 Å². The van der Waals surface area contributed by atoms with E-state index in [9.17, 15) is 31.1 Å². The molecule has 0 radical (unpaired) electrons. The van der Waals surface area contributed by atoms with E-state index in [1.807, 2.05) is 0 Å². The number of hydrogen-bond donors (Lipinski definition) is 4. The molecule has 2 aromatic heterocycles. The molecule has 0 spiro atoms. The molecule has 4 rings (SSSR count). The van der Waals surface area contributed by atoms with E-state index in [2.05, 4.69) is 30.9 Å². The summed E-state index contributed by atoms with van der Waals surface area (Å²) in [5.41, 5.74) is -3.96. The minimum absolute atomic E-state index is 0. The third-order valence-electron chi connectivity index (χ3n) is 5.14. The molecule has 3 heterocycles. The topological polar surface area (TPSA) is 94.7 Å². The standard InChI is InChI=1S/C20H18F6N6O.ClH/c21-19(22,23)10-7-11(20(24,25)26)9-13(8-10)29-16-15-14(3-6-28-17(15)33)31-18(32-16)30-12-1-4-27-5-2-12;/h3,6-9,12,27H,1-2,4-5H2,(H,28,33)(H2,29,30,31,32);1H. The molecule has 184 valence electrons. The van der Waals surface area contributed by atoms with Crippen LogP contribution in [0, 0.1) is 0 Å². The Balaban J connectivity index is 0.00000324. The first-order valence-electron chi connectivity index (χ1n) is 9.94. The van der Waals surface area contributed by atoms with Gasteiger partial charge in [-0.1, -0.05) is 0 Å². The Hall–Kier alpha value is -3.06. The number of nitrogens with one attached hydrogen (secondary N) is 4. The SMILES string of the molecule is Cl.O=c1[nH]ccc2nc(NC3CCNCC3)nc(Nc3cc(C(F)(F)F)cc(C(F)(F)F)c3)c12. The molecule has 1 saturated heterocycles. The molecular weight excluding hydrogens is 490 g/mol. The Morgan fingerprint density at radius 3 is 2.15 bits per heavy atom. The average molecular weight is 509 g/mol. The Labute approximate surface area is 194 Å². The highest BCUT2D eigenvalue weighted by Gasteiger charge is 2.37. The number of aromatic amines is 1. The molecule has 14 heteroatoms. The zero-order valence-electron chi connectivity index (χ0n) is 17.3. The summed E-state index contributed by atoms with van der Waals surface area (Å²) in [5.74, 6) is -0.115. The van der Waals surface area contributed by atoms with Crippen LogP contribution in [0.15, 0.2) is 35.3 Å². The van der Waals surface area contributed by atoms with E-state index in [1.54, 1.807) is 0 Å². The lowest BCUT2D eigenvalue weighted by Gasteiger charge is -2.24. The van der Waals surface area contributed by atoms with Gasteiger partial charge in [0.05, 0.1) is 16.6 Å². The summed E-state index contributed by atoms with van der Waals surface area (Å²) in [6, 6.07) is 2.56. The van der Waals surface area contributed by atoms with Crippen molar-refractivity contribution in [1.82, 2.24) is 20.3 Å². The molecule has 0 saturated carbocycles. The van der Waals surface area contributed by atoms with Crippen LogP contribution >= 0.6 is 12.4 Å². The fraction of sp³-hybridized carbons (Fsp3) is 0.350. The monoisotopic (exact) mass is 508 g/mol. The van der Waals surface area contributed by atoms with E-state index in [1.165, 1.54) is 12.3 Å². The van der Waals surface area contributed by atoms with E-state index >= 15 is 0 Å². The number of fused-ring (bicyclic) bond motifs is 1. The van der Waals surface area contributed by atoms with E-state index < -0.39 is 34.7 Å². The largest absolute Gasteiger partial charge is 0.416 e. The Kier molecular flexibility index (Phi) is 7.26. The highest BCUT2D eigenvalue weighted by Crippen LogP contribution is 2.38. The van der Waals surface area contributed by atoms with Crippen molar-refractivity contribution in [2.45, 2.75) is 31.2 Å². The van der Waals surface area contributed by atoms with Crippen molar-refractivity contribution in [2.75, 3.05) is 23.7 Å². The van der Waals surface area contributed by atoms with Gasteiger partial charge in [0.1, 0.15) is 11.2 Å². The molecule has 0 bridgehead atoms. The molecule has 4 N–H and O–H groups in total. The van der Waals surface area contributed by atoms with Gasteiger partial charge < -0.3 is 20.9 Å². The smallest absolute Gasteiger partial charge is 0.351 e. The predicted molar refractivity (Wildman–Crippen MR) is 117 cm³/mol. The second-order valence-electron chi connectivity index (χ2n) is 7.55. The lowest BCUT2D eigenvalue weighted by Crippen LogP contribution is -2.35. The van der Waals surface area contributed by atoms with Crippen molar-refractivity contribution in [1.29, 1.82) is 0 Å². The van der Waals surface area contributed by atoms with Crippen LogP contribution in [0.3, 0.4) is 0 Å². The van der Waals surface area contributed by atoms with Gasteiger partial charge in [-0.25, -0.2) is 4.98 Å². The minimum Gasteiger partial charge on any atom is -0.351 e. The number of anilines is 3. The lowest BCUT2D eigenvalue weighted by molar-refractivity contribution is -0.143. The number of pyridine rings is 1. The van der Waals surface area contributed by atoms with Crippen LogP contribution in [0.5, 0.6) is 0 Å². The van der Waals surface area contributed by atoms with Gasteiger partial charge in [-0.2, -0.15) is 31.3 Å². The van der Waals surface area contributed by atoms with Gasteiger partial charge in [0, 0.05) is 17.9 Å². The van der Waals surface area contributed by atoms with Gasteiger partial charge in [0.25, 0.3) is 5.56 Å². The molecule has 0 aliphatic carbocycles. The predicted octanol–water partition coefficient (Wildman–Crippen LogP) is 4.69. The van der Waals surface area contributed by atoms with Crippen molar-refractivity contribution < 1.29 is 26.3 Å². The van der Waals surface area contributed by atoms with E-state index in [-0.39, 0.29) is 47.2 Å². The molecule has 1 fully saturated rings. The van der Waals surface area contributed by atoms with Crippen LogP contribution in [0.2, 0.25) is 0 Å². The summed E-state index contributed by atoms with van der Waals surface area (Å²) >= 11 is 0. The number of rotatable bonds is 4. The van der Waals surface area contributed by atoms with Crippen molar-refractivity contribution in [3.63, 3.8) is 0 Å². The number of halogens is 7. The highest BCUT2D eigenvalue weighted by molar-refractivity contribution is 5.91. The van der Waals surface area contributed by atoms with Crippen LogP contribution in [0.1, 0.15) is 24.0 Å². The second kappa shape index (κ2) is 9.66. The Bertz CT molecular complexity index is 1190. The molecule has 0 atom stereocenters. The number of H-pyrrole nitrogens is 1. The fourth-order valence-corrected chi connectivity index (χ4v) is 3.56. The normalized spacial score (nSPS) is 15.1. The van der Waals surface area contributed by atoms with Gasteiger partial charge in [-0.3, -0.25) is 4.79 Å². The number of nitrogens with zero attached hydrogens (tertiary/aromatic N) is 2. The third kappa shape index (κ3) is 5.70. The summed E-state index contributed by atoms with van der Waals surface area (Å²) in [5, 5.41) is 8.68. The first kappa shape index (κ1) is 25.6. The maximum atomic E-state index is 13.2. The van der Waals surface area contributed by atoms with Crippen LogP contribution in [0.25, 0.3) is 10.9 Å². The number of alkyl halides is 6. The van der Waals surface area contributed by atoms with Crippen molar-refractivity contribution >= 4 is 40.8 Å². The molecule has 0 amide bonds. The first-order chi connectivity index (χ1) is 15.5. The van der Waals surface area contributed by atoms with E-state index in [0.29, 0.717) is 12.1 Å². The molecule has 7 nitrogen and oxygen atoms in total. The van der Waals surface area contributed by atoms with Gasteiger partial charge in [-0.15, -0.1) is 12.4 Å². The van der Waals surface area contributed by atoms with E-state index in [4.69, 9.17) is 0 Å². The lowest BCUT2D eigenvalue weighted by atomic mass is 10.1. The molecule has 1 aliphatic rings. The molecule has 3 aromatic rings. The minimum atomic E-state index is -5.01. The summed E-state index contributed by atoms with van der Waals surface area (Å²) in [6.45, 7) is 1.53. The average Bonchev–Trinajstić information content (AvgIpc) is 2.73. The molecule has 1 aliphatic heterocycles. The summed E-state index contributed by atoms with van der Waals surface area (Å²) in [6.07, 6.45) is -7.15. The zero-order chi connectivity index (χ0) is 23.8. The van der Waals surface area contributed by atoms with Gasteiger partial charge in [-0.05, 0) is 50.2 Å². The van der Waals surface area contributed by atoms with Gasteiger partial charge in [0.15, 0.2) is 0 Å². The molecule has 1 aromatic carbocycles. The Morgan fingerprint density at radius 2 is 1.56 bits per heavy atom. The summed E-state index contributed by atoms with van der Waals surface area (Å²) in [7, 11) is 0. The number of benzene rings is 1. The summed E-state index contributed by atoms with van der Waals surface area (Å²) in [4.78, 5) is 23.3. The van der Waals surface area contributed by atoms with Crippen LogP contribution < -0.4 is 21.5 Å². The fourth-order valence-electron chi connectivity index (χ4n) is 3.56. The Morgan fingerprint density at radius 1 is 0.941 bits per heavy atom. The van der Waals surface area contributed by atoms with Gasteiger partial charge >= 0.3 is 12.4 Å². The maximum absolute atomic E-state index is 13.2. The van der Waals surface area contributed by atoms with Crippen LogP contribution in [-0.2, 0) is 12.4 Å². The van der Waals surface area contributed by atoms with Crippen molar-refractivity contribution in [2.24, 2.45) is 0 Å². The highest BCUT2D eigenvalue weighted by atomic mass is 35.5. The number of aromatic nitrogens is 3. The van der Waals surface area contributed by atoms with Crippen LogP contribution in [0.4, 0.5) is 43.8 Å². The van der Waals surface area contributed by atoms with Crippen molar-refractivity contribution in [3.8, 4) is 0 Å². The quantitative estimate of drug-likeness (QED) is 0.382. The summed E-state index contributed by atoms with van der Waals surface area (Å²) < 4.78 is 79.4. The maximum Gasteiger partial charge on any atom is 0.416 e. The van der Waals surface area contributed by atoms with Crippen molar-refractivity contribution in [3.05, 3.63) is 51.9 Å². The molecular formula is C20H19ClF6N6O. The second-order valence-corrected chi connectivity index (χ2v) is 7.55. The molecule has 34 heavy (non-hydrogen) atoms. The third-order valence-corrected chi connectivity index (χ3v) is 5.14. The zero-order valence-corrected chi connectivity index (χ0v) is 18.1. The molecule has 0 unspecified atom stereocenters. The first-order valence-corrected chi connectivity index (χ1v) is 9.94. The number of piperidine rings is 1. The van der Waals surface area contributed by atoms with Crippen LogP contribution in [-0.4, -0.2) is 34.1 Å².